The third-order valence-corrected chi connectivity index (χ3v) is 14.2. The van der Waals surface area contributed by atoms with Gasteiger partial charge in [-0.05, 0) is 105 Å². The minimum atomic E-state index is -0.331. The Hall–Kier alpha value is -7.11. The van der Waals surface area contributed by atoms with E-state index in [1.165, 1.54) is 49.8 Å². The predicted octanol–water partition coefficient (Wildman–Crippen LogP) is 16.5. The number of nitrogens with zero attached hydrogens (tertiary/aromatic N) is 4. The smallest absolute Gasteiger partial charge is 0.137 e. The van der Waals surface area contributed by atoms with E-state index < -0.39 is 0 Å². The Kier molecular flexibility index (Phi) is 10.7. The molecule has 67 heavy (non-hydrogen) atoms. The first kappa shape index (κ1) is 43.8. The van der Waals surface area contributed by atoms with Crippen molar-refractivity contribution in [3.05, 3.63) is 216 Å². The fourth-order valence-corrected chi connectivity index (χ4v) is 10.0. The quantitative estimate of drug-likeness (QED) is 0.145. The van der Waals surface area contributed by atoms with Crippen molar-refractivity contribution in [2.75, 3.05) is 16.5 Å². The third kappa shape index (κ3) is 7.94. The van der Waals surface area contributed by atoms with Crippen LogP contribution in [-0.2, 0) is 21.7 Å². The van der Waals surface area contributed by atoms with Crippen LogP contribution in [0.25, 0.3) is 27.6 Å². The molecule has 9 aromatic rings. The van der Waals surface area contributed by atoms with Crippen LogP contribution in [-0.4, -0.2) is 16.2 Å². The number of para-hydroxylation sites is 3. The molecule has 0 saturated carbocycles. The van der Waals surface area contributed by atoms with Crippen molar-refractivity contribution in [3.63, 3.8) is 0 Å². The Morgan fingerprint density at radius 3 is 1.66 bits per heavy atom. The van der Waals surface area contributed by atoms with Gasteiger partial charge in [-0.25, -0.2) is 4.98 Å². The summed E-state index contributed by atoms with van der Waals surface area (Å²) in [5.41, 5.74) is 13.5. The molecule has 5 heteroatoms. The zero-order valence-electron chi connectivity index (χ0n) is 40.7. The van der Waals surface area contributed by atoms with Crippen LogP contribution in [0.2, 0.25) is 0 Å². The van der Waals surface area contributed by atoms with Gasteiger partial charge in [0, 0.05) is 51.3 Å². The second-order valence-electron chi connectivity index (χ2n) is 21.5. The van der Waals surface area contributed by atoms with E-state index in [1.807, 2.05) is 6.20 Å². The summed E-state index contributed by atoms with van der Waals surface area (Å²) in [4.78, 5) is 9.90. The molecule has 0 saturated heterocycles. The van der Waals surface area contributed by atoms with Gasteiger partial charge in [0.2, 0.25) is 0 Å². The summed E-state index contributed by atoms with van der Waals surface area (Å²) in [5, 5.41) is 2.43. The third-order valence-electron chi connectivity index (χ3n) is 14.2. The molecule has 1 aliphatic rings. The van der Waals surface area contributed by atoms with Crippen molar-refractivity contribution in [2.24, 2.45) is 0 Å². The molecular weight excluding hydrogens is 817 g/mol. The monoisotopic (exact) mass is 878 g/mol. The second kappa shape index (κ2) is 16.3. The number of benzene rings is 7. The fraction of sp³-hybridized carbons (Fsp3) is 0.242. The lowest BCUT2D eigenvalue weighted by Gasteiger charge is -2.30. The fourth-order valence-electron chi connectivity index (χ4n) is 10.0. The molecule has 7 aromatic carbocycles. The first-order valence-corrected chi connectivity index (χ1v) is 23.7. The highest BCUT2D eigenvalue weighted by Gasteiger charge is 2.33. The van der Waals surface area contributed by atoms with Crippen LogP contribution in [0.1, 0.15) is 103 Å². The van der Waals surface area contributed by atoms with Crippen molar-refractivity contribution < 1.29 is 4.74 Å². The Balaban J connectivity index is 1.12. The molecule has 0 unspecified atom stereocenters. The number of rotatable bonds is 9. The molecule has 1 aliphatic heterocycles. The van der Waals surface area contributed by atoms with Gasteiger partial charge >= 0.3 is 0 Å². The lowest BCUT2D eigenvalue weighted by Crippen LogP contribution is -2.26. The largest absolute Gasteiger partial charge is 0.457 e. The van der Waals surface area contributed by atoms with Gasteiger partial charge in [-0.2, -0.15) is 0 Å². The van der Waals surface area contributed by atoms with E-state index in [9.17, 15) is 0 Å². The van der Waals surface area contributed by atoms with E-state index in [0.717, 1.165) is 45.4 Å². The van der Waals surface area contributed by atoms with Crippen molar-refractivity contribution in [1.29, 1.82) is 0 Å². The molecule has 0 bridgehead atoms. The van der Waals surface area contributed by atoms with Gasteiger partial charge < -0.3 is 14.5 Å². The Bertz CT molecular complexity index is 3280. The van der Waals surface area contributed by atoms with Crippen molar-refractivity contribution in [3.8, 4) is 17.3 Å². The molecule has 0 N–H and O–H groups in total. The molecule has 0 spiro atoms. The van der Waals surface area contributed by atoms with E-state index >= 15 is 0 Å². The SMILES string of the molecule is CC(C)(C)c1ccnc(-n2c3ccccc3c3c(C(C)(C)C)cc(Oc4cc(N5CN(c6cccc(C(C)(C)c7ccccc7)c6)c6ccccc65)cc(C(C)(C)c5ccccc5)c4)cc32)c1. The summed E-state index contributed by atoms with van der Waals surface area (Å²) in [5.74, 6) is 2.47. The van der Waals surface area contributed by atoms with E-state index in [0.29, 0.717) is 6.67 Å². The number of ether oxygens (including phenoxy) is 1. The van der Waals surface area contributed by atoms with E-state index in [1.54, 1.807) is 0 Å². The lowest BCUT2D eigenvalue weighted by atomic mass is 9.78. The van der Waals surface area contributed by atoms with Crippen LogP contribution in [0.3, 0.4) is 0 Å². The predicted molar refractivity (Wildman–Crippen MR) is 282 cm³/mol. The first-order valence-electron chi connectivity index (χ1n) is 23.7. The Morgan fingerprint density at radius 2 is 1.00 bits per heavy atom. The van der Waals surface area contributed by atoms with Gasteiger partial charge in [0.05, 0.1) is 22.4 Å². The maximum atomic E-state index is 7.28. The zero-order valence-corrected chi connectivity index (χ0v) is 40.7. The van der Waals surface area contributed by atoms with E-state index in [4.69, 9.17) is 9.72 Å². The molecule has 0 amide bonds. The molecule has 3 heterocycles. The van der Waals surface area contributed by atoms with Crippen LogP contribution in [0.5, 0.6) is 11.5 Å². The van der Waals surface area contributed by atoms with Gasteiger partial charge in [-0.1, -0.05) is 172 Å². The van der Waals surface area contributed by atoms with Crippen LogP contribution in [0.15, 0.2) is 182 Å². The molecule has 0 radical (unpaired) electrons. The summed E-state index contributed by atoms with van der Waals surface area (Å²) in [6, 6.07) is 63.9. The molecule has 5 nitrogen and oxygen atoms in total. The number of pyridine rings is 1. The highest BCUT2D eigenvalue weighted by atomic mass is 16.5. The van der Waals surface area contributed by atoms with Crippen molar-refractivity contribution >= 4 is 44.6 Å². The number of fused-ring (bicyclic) bond motifs is 4. The number of hydrogen-bond acceptors (Lipinski definition) is 4. The summed E-state index contributed by atoms with van der Waals surface area (Å²) < 4.78 is 9.61. The average Bonchev–Trinajstić information content (AvgIpc) is 3.88. The molecule has 0 aliphatic carbocycles. The van der Waals surface area contributed by atoms with Gasteiger partial charge in [0.15, 0.2) is 0 Å². The van der Waals surface area contributed by atoms with Crippen LogP contribution in [0, 0.1) is 0 Å². The zero-order chi connectivity index (χ0) is 46.9. The maximum Gasteiger partial charge on any atom is 0.137 e. The average molecular weight is 879 g/mol. The van der Waals surface area contributed by atoms with Gasteiger partial charge in [-0.15, -0.1) is 0 Å². The van der Waals surface area contributed by atoms with Gasteiger partial charge in [0.25, 0.3) is 0 Å². The van der Waals surface area contributed by atoms with E-state index in [2.05, 4.69) is 260 Å². The number of hydrogen-bond donors (Lipinski definition) is 0. The Labute approximate surface area is 397 Å². The first-order chi connectivity index (χ1) is 32.0. The topological polar surface area (TPSA) is 33.5 Å². The summed E-state index contributed by atoms with van der Waals surface area (Å²) in [6.07, 6.45) is 1.95. The molecule has 336 valence electrons. The summed E-state index contributed by atoms with van der Waals surface area (Å²) in [7, 11) is 0. The van der Waals surface area contributed by atoms with E-state index in [-0.39, 0.29) is 21.7 Å². The van der Waals surface area contributed by atoms with Gasteiger partial charge in [-0.3, -0.25) is 4.57 Å². The molecule has 10 rings (SSSR count). The summed E-state index contributed by atoms with van der Waals surface area (Å²) >= 11 is 0. The molecule has 2 aromatic heterocycles. The highest BCUT2D eigenvalue weighted by molar-refractivity contribution is 6.11. The second-order valence-corrected chi connectivity index (χ2v) is 21.5. The lowest BCUT2D eigenvalue weighted by molar-refractivity contribution is 0.477. The molecule has 0 atom stereocenters. The standard InChI is InChI=1S/C62H62N4O/c1-59(2,3)44-32-33-63-57(37-44)66-53-29-18-17-28-51(53)58-52(60(4,5)6)39-50(40-56(58)66)67-49-36-46(62(9,10)43-24-15-12-16-25-43)35-48(38-49)65-41-64(54-30-19-20-31-55(54)65)47-27-21-26-45(34-47)61(7,8)42-22-13-11-14-23-42/h11-40H,41H2,1-10H3. The number of anilines is 4. The van der Waals surface area contributed by atoms with Crippen molar-refractivity contribution in [1.82, 2.24) is 9.55 Å². The van der Waals surface area contributed by atoms with Crippen LogP contribution in [0.4, 0.5) is 22.7 Å². The molecular formula is C62H62N4O. The highest BCUT2D eigenvalue weighted by Crippen LogP contribution is 2.48. The normalized spacial score (nSPS) is 13.4. The summed E-state index contributed by atoms with van der Waals surface area (Å²) in [6.45, 7) is 23.6. The van der Waals surface area contributed by atoms with Crippen LogP contribution >= 0.6 is 0 Å². The number of aromatic nitrogens is 2. The minimum Gasteiger partial charge on any atom is -0.457 e. The Morgan fingerprint density at radius 1 is 0.433 bits per heavy atom. The minimum absolute atomic E-state index is 0.0340. The molecule has 0 fully saturated rings. The van der Waals surface area contributed by atoms with Crippen LogP contribution < -0.4 is 14.5 Å². The van der Waals surface area contributed by atoms with Crippen molar-refractivity contribution in [2.45, 2.75) is 90.9 Å². The van der Waals surface area contributed by atoms with Gasteiger partial charge in [0.1, 0.15) is 24.0 Å². The maximum absolute atomic E-state index is 7.28.